The molecule has 6 nitrogen and oxygen atoms in total. The highest BCUT2D eigenvalue weighted by atomic mass is 16.5. The fourth-order valence-electron chi connectivity index (χ4n) is 2.62. The van der Waals surface area contributed by atoms with Gasteiger partial charge in [0, 0.05) is 37.3 Å². The van der Waals surface area contributed by atoms with Crippen molar-refractivity contribution in [3.63, 3.8) is 0 Å². The van der Waals surface area contributed by atoms with E-state index in [4.69, 9.17) is 8.94 Å². The van der Waals surface area contributed by atoms with Crippen LogP contribution in [0.2, 0.25) is 0 Å². The lowest BCUT2D eigenvalue weighted by Gasteiger charge is -2.02. The molecule has 0 aliphatic carbocycles. The standard InChI is InChI=1S/C21H25N3O3/c1-14(2)21-23-20(27-24-21)12-13-22-19(25)11-9-17-8-10-18(26-17)16-6-4-15(3)5-7-16/h4-8,10,14H,9,11-13H2,1-3H3,(H,22,25). The molecule has 0 spiro atoms. The fourth-order valence-corrected chi connectivity index (χ4v) is 2.62. The third-order valence-corrected chi connectivity index (χ3v) is 4.26. The average Bonchev–Trinajstić information content (AvgIpc) is 3.30. The zero-order chi connectivity index (χ0) is 19.2. The summed E-state index contributed by atoms with van der Waals surface area (Å²) < 4.78 is 11.0. The highest BCUT2D eigenvalue weighted by molar-refractivity contribution is 5.76. The first-order chi connectivity index (χ1) is 13.0. The molecule has 0 unspecified atom stereocenters. The third kappa shape index (κ3) is 5.29. The molecule has 27 heavy (non-hydrogen) atoms. The molecule has 0 aliphatic rings. The molecule has 2 aromatic heterocycles. The number of rotatable bonds is 8. The van der Waals surface area contributed by atoms with Crippen molar-refractivity contribution >= 4 is 5.91 Å². The number of carbonyl (C=O) groups excluding carboxylic acids is 1. The van der Waals surface area contributed by atoms with Crippen LogP contribution in [-0.2, 0) is 17.6 Å². The van der Waals surface area contributed by atoms with E-state index in [9.17, 15) is 4.79 Å². The molecular formula is C21H25N3O3. The summed E-state index contributed by atoms with van der Waals surface area (Å²) >= 11 is 0. The highest BCUT2D eigenvalue weighted by Crippen LogP contribution is 2.23. The Bertz CT molecular complexity index is 878. The van der Waals surface area contributed by atoms with Gasteiger partial charge in [-0.1, -0.05) is 48.8 Å². The number of aryl methyl sites for hydroxylation is 2. The van der Waals surface area contributed by atoms with Gasteiger partial charge in [-0.05, 0) is 19.1 Å². The van der Waals surface area contributed by atoms with Crippen LogP contribution in [0.15, 0.2) is 45.3 Å². The summed E-state index contributed by atoms with van der Waals surface area (Å²) in [4.78, 5) is 16.3. The van der Waals surface area contributed by atoms with Gasteiger partial charge in [-0.2, -0.15) is 4.98 Å². The molecule has 0 saturated heterocycles. The summed E-state index contributed by atoms with van der Waals surface area (Å²) in [6.45, 7) is 6.55. The van der Waals surface area contributed by atoms with Gasteiger partial charge in [-0.15, -0.1) is 0 Å². The second-order valence-electron chi connectivity index (χ2n) is 6.93. The summed E-state index contributed by atoms with van der Waals surface area (Å²) in [6.07, 6.45) is 1.47. The second kappa shape index (κ2) is 8.66. The Balaban J connectivity index is 1.42. The van der Waals surface area contributed by atoms with E-state index in [2.05, 4.69) is 34.5 Å². The number of aromatic nitrogens is 2. The predicted octanol–water partition coefficient (Wildman–Crippen LogP) is 4.05. The third-order valence-electron chi connectivity index (χ3n) is 4.26. The molecular weight excluding hydrogens is 342 g/mol. The van der Waals surface area contributed by atoms with Crippen LogP contribution in [0.1, 0.15) is 49.2 Å². The summed E-state index contributed by atoms with van der Waals surface area (Å²) in [5, 5.41) is 6.79. The zero-order valence-corrected chi connectivity index (χ0v) is 16.0. The Morgan fingerprint density at radius 3 is 2.59 bits per heavy atom. The van der Waals surface area contributed by atoms with Crippen LogP contribution < -0.4 is 5.32 Å². The van der Waals surface area contributed by atoms with Gasteiger partial charge in [0.25, 0.3) is 0 Å². The first kappa shape index (κ1) is 18.9. The van der Waals surface area contributed by atoms with E-state index in [0.29, 0.717) is 37.5 Å². The number of benzene rings is 1. The molecule has 0 bridgehead atoms. The molecule has 1 N–H and O–H groups in total. The first-order valence-corrected chi connectivity index (χ1v) is 9.26. The van der Waals surface area contributed by atoms with Gasteiger partial charge < -0.3 is 14.3 Å². The smallest absolute Gasteiger partial charge is 0.228 e. The monoisotopic (exact) mass is 367 g/mol. The van der Waals surface area contributed by atoms with E-state index < -0.39 is 0 Å². The van der Waals surface area contributed by atoms with Gasteiger partial charge in [-0.3, -0.25) is 4.79 Å². The second-order valence-corrected chi connectivity index (χ2v) is 6.93. The number of nitrogens with zero attached hydrogens (tertiary/aromatic N) is 2. The minimum absolute atomic E-state index is 0.0214. The summed E-state index contributed by atoms with van der Waals surface area (Å²) in [7, 11) is 0. The van der Waals surface area contributed by atoms with Crippen molar-refractivity contribution in [3.8, 4) is 11.3 Å². The quantitative estimate of drug-likeness (QED) is 0.649. The SMILES string of the molecule is Cc1ccc(-c2ccc(CCC(=O)NCCc3nc(C(C)C)no3)o2)cc1. The number of hydrogen-bond acceptors (Lipinski definition) is 5. The van der Waals surface area contributed by atoms with Gasteiger partial charge in [0.2, 0.25) is 11.8 Å². The number of furan rings is 1. The van der Waals surface area contributed by atoms with Crippen LogP contribution in [0.5, 0.6) is 0 Å². The Morgan fingerprint density at radius 1 is 1.11 bits per heavy atom. The number of amides is 1. The van der Waals surface area contributed by atoms with Gasteiger partial charge in [0.1, 0.15) is 11.5 Å². The summed E-state index contributed by atoms with van der Waals surface area (Å²) in [5.41, 5.74) is 2.25. The minimum atomic E-state index is -0.0214. The lowest BCUT2D eigenvalue weighted by molar-refractivity contribution is -0.121. The van der Waals surface area contributed by atoms with E-state index >= 15 is 0 Å². The normalized spacial score (nSPS) is 11.1. The summed E-state index contributed by atoms with van der Waals surface area (Å²) in [6, 6.07) is 12.0. The Morgan fingerprint density at radius 2 is 1.89 bits per heavy atom. The molecule has 6 heteroatoms. The van der Waals surface area contributed by atoms with Gasteiger partial charge in [0.15, 0.2) is 5.82 Å². The van der Waals surface area contributed by atoms with E-state index in [1.54, 1.807) is 0 Å². The molecule has 3 rings (SSSR count). The van der Waals surface area contributed by atoms with E-state index in [1.807, 2.05) is 38.1 Å². The van der Waals surface area contributed by atoms with E-state index in [-0.39, 0.29) is 11.8 Å². The Hall–Kier alpha value is -2.89. The maximum absolute atomic E-state index is 12.0. The van der Waals surface area contributed by atoms with Crippen molar-refractivity contribution in [2.75, 3.05) is 6.54 Å². The number of carbonyl (C=O) groups is 1. The Labute approximate surface area is 159 Å². The zero-order valence-electron chi connectivity index (χ0n) is 16.0. The maximum Gasteiger partial charge on any atom is 0.228 e. The van der Waals surface area contributed by atoms with Crippen molar-refractivity contribution in [2.24, 2.45) is 0 Å². The van der Waals surface area contributed by atoms with Crippen molar-refractivity contribution in [2.45, 2.75) is 46.0 Å². The van der Waals surface area contributed by atoms with Gasteiger partial charge in [-0.25, -0.2) is 0 Å². The fraction of sp³-hybridized carbons (Fsp3) is 0.381. The first-order valence-electron chi connectivity index (χ1n) is 9.26. The van der Waals surface area contributed by atoms with Crippen LogP contribution in [0, 0.1) is 6.92 Å². The molecule has 0 aliphatic heterocycles. The highest BCUT2D eigenvalue weighted by Gasteiger charge is 2.11. The van der Waals surface area contributed by atoms with Crippen LogP contribution >= 0.6 is 0 Å². The van der Waals surface area contributed by atoms with Crippen LogP contribution in [-0.4, -0.2) is 22.6 Å². The molecule has 2 heterocycles. The molecule has 0 fully saturated rings. The number of nitrogens with one attached hydrogen (secondary N) is 1. The van der Waals surface area contributed by atoms with E-state index in [0.717, 1.165) is 17.1 Å². The average molecular weight is 367 g/mol. The number of hydrogen-bond donors (Lipinski definition) is 1. The summed E-state index contributed by atoms with van der Waals surface area (Å²) in [5.74, 6) is 3.08. The van der Waals surface area contributed by atoms with Gasteiger partial charge >= 0.3 is 0 Å². The lowest BCUT2D eigenvalue weighted by Crippen LogP contribution is -2.25. The van der Waals surface area contributed by atoms with Crippen molar-refractivity contribution in [3.05, 3.63) is 59.4 Å². The van der Waals surface area contributed by atoms with Gasteiger partial charge in [0.05, 0.1) is 0 Å². The largest absolute Gasteiger partial charge is 0.461 e. The molecule has 0 radical (unpaired) electrons. The maximum atomic E-state index is 12.0. The molecule has 0 atom stereocenters. The van der Waals surface area contributed by atoms with Crippen LogP contribution in [0.4, 0.5) is 0 Å². The predicted molar refractivity (Wildman–Crippen MR) is 102 cm³/mol. The van der Waals surface area contributed by atoms with Crippen LogP contribution in [0.25, 0.3) is 11.3 Å². The van der Waals surface area contributed by atoms with Crippen molar-refractivity contribution in [1.29, 1.82) is 0 Å². The molecule has 0 saturated carbocycles. The molecule has 3 aromatic rings. The van der Waals surface area contributed by atoms with E-state index in [1.165, 1.54) is 5.56 Å². The van der Waals surface area contributed by atoms with Crippen molar-refractivity contribution < 1.29 is 13.7 Å². The molecule has 1 aromatic carbocycles. The Kier molecular flexibility index (Phi) is 6.06. The van der Waals surface area contributed by atoms with Crippen LogP contribution in [0.3, 0.4) is 0 Å². The van der Waals surface area contributed by atoms with Crippen molar-refractivity contribution in [1.82, 2.24) is 15.5 Å². The molecule has 1 amide bonds. The topological polar surface area (TPSA) is 81.2 Å². The lowest BCUT2D eigenvalue weighted by atomic mass is 10.1. The molecule has 142 valence electrons. The minimum Gasteiger partial charge on any atom is -0.461 e.